The van der Waals surface area contributed by atoms with Crippen molar-refractivity contribution < 1.29 is 13.9 Å². The topological polar surface area (TPSA) is 65.4 Å². The minimum atomic E-state index is -0.506. The Labute approximate surface area is 136 Å². The fraction of sp³-hybridized carbons (Fsp3) is 0.529. The second-order valence-electron chi connectivity index (χ2n) is 6.72. The van der Waals surface area contributed by atoms with E-state index in [2.05, 4.69) is 5.32 Å². The highest BCUT2D eigenvalue weighted by Crippen LogP contribution is 2.16. The van der Waals surface area contributed by atoms with E-state index in [4.69, 9.17) is 10.00 Å². The van der Waals surface area contributed by atoms with Crippen molar-refractivity contribution in [2.45, 2.75) is 45.4 Å². The van der Waals surface area contributed by atoms with Gasteiger partial charge >= 0.3 is 6.09 Å². The molecule has 0 radical (unpaired) electrons. The number of nitriles is 1. The Morgan fingerprint density at radius 1 is 1.52 bits per heavy atom. The number of nitrogens with zero attached hydrogens (tertiary/aromatic N) is 2. The zero-order valence-electron chi connectivity index (χ0n) is 13.7. The number of carbonyl (C=O) groups excluding carboxylic acids is 1. The molecule has 1 aliphatic heterocycles. The fourth-order valence-electron chi connectivity index (χ4n) is 2.45. The number of likely N-dealkylation sites (tertiary alicyclic amines) is 1. The summed E-state index contributed by atoms with van der Waals surface area (Å²) >= 11 is 0. The van der Waals surface area contributed by atoms with Crippen molar-refractivity contribution in [3.8, 4) is 6.07 Å². The lowest BCUT2D eigenvalue weighted by molar-refractivity contribution is 0.0291. The molecule has 1 N–H and O–H groups in total. The molecule has 1 heterocycles. The van der Waals surface area contributed by atoms with Crippen LogP contribution in [0.2, 0.25) is 0 Å². The van der Waals surface area contributed by atoms with Crippen LogP contribution < -0.4 is 5.32 Å². The van der Waals surface area contributed by atoms with E-state index in [9.17, 15) is 9.18 Å². The standard InChI is InChI=1S/C17H22FN3O2/c1-17(2,3)23-16(22)21-7-6-14(11-21)20-10-12-4-5-15(18)13(8-12)9-19/h4-5,8,14,20H,6-7,10-11H2,1-3H3. The molecule has 124 valence electrons. The van der Waals surface area contributed by atoms with E-state index >= 15 is 0 Å². The zero-order chi connectivity index (χ0) is 17.0. The molecule has 23 heavy (non-hydrogen) atoms. The summed E-state index contributed by atoms with van der Waals surface area (Å²) in [5, 5.41) is 12.2. The van der Waals surface area contributed by atoms with E-state index in [-0.39, 0.29) is 17.7 Å². The van der Waals surface area contributed by atoms with E-state index in [0.717, 1.165) is 12.0 Å². The summed E-state index contributed by atoms with van der Waals surface area (Å²) in [6, 6.07) is 6.50. The average Bonchev–Trinajstić information content (AvgIpc) is 2.93. The number of carbonyl (C=O) groups is 1. The molecule has 0 aliphatic carbocycles. The first-order valence-corrected chi connectivity index (χ1v) is 7.68. The highest BCUT2D eigenvalue weighted by molar-refractivity contribution is 5.68. The van der Waals surface area contributed by atoms with Crippen molar-refractivity contribution in [1.82, 2.24) is 10.2 Å². The van der Waals surface area contributed by atoms with Gasteiger partial charge in [0.25, 0.3) is 0 Å². The predicted molar refractivity (Wildman–Crippen MR) is 84.2 cm³/mol. The summed E-state index contributed by atoms with van der Waals surface area (Å²) < 4.78 is 18.6. The van der Waals surface area contributed by atoms with Crippen LogP contribution in [0.5, 0.6) is 0 Å². The first kappa shape index (κ1) is 17.2. The maximum absolute atomic E-state index is 13.3. The van der Waals surface area contributed by atoms with Gasteiger partial charge < -0.3 is 15.0 Å². The number of amides is 1. The number of rotatable bonds is 3. The van der Waals surface area contributed by atoms with Crippen LogP contribution in [0.1, 0.15) is 38.3 Å². The lowest BCUT2D eigenvalue weighted by Gasteiger charge is -2.24. The number of benzene rings is 1. The number of nitrogens with one attached hydrogen (secondary N) is 1. The van der Waals surface area contributed by atoms with E-state index < -0.39 is 11.4 Å². The first-order chi connectivity index (χ1) is 10.8. The van der Waals surface area contributed by atoms with E-state index in [1.807, 2.05) is 26.8 Å². The molecule has 6 heteroatoms. The minimum Gasteiger partial charge on any atom is -0.444 e. The molecule has 1 aromatic rings. The summed E-state index contributed by atoms with van der Waals surface area (Å²) in [5.74, 6) is -0.506. The highest BCUT2D eigenvalue weighted by atomic mass is 19.1. The number of hydrogen-bond donors (Lipinski definition) is 1. The molecule has 1 atom stereocenters. The smallest absolute Gasteiger partial charge is 0.410 e. The van der Waals surface area contributed by atoms with Gasteiger partial charge in [0.05, 0.1) is 5.56 Å². The molecule has 2 rings (SSSR count). The molecule has 0 spiro atoms. The van der Waals surface area contributed by atoms with E-state index in [0.29, 0.717) is 19.6 Å². The molecule has 5 nitrogen and oxygen atoms in total. The lowest BCUT2D eigenvalue weighted by Crippen LogP contribution is -2.38. The lowest BCUT2D eigenvalue weighted by atomic mass is 10.1. The van der Waals surface area contributed by atoms with E-state index in [1.54, 1.807) is 17.0 Å². The van der Waals surface area contributed by atoms with Crippen LogP contribution in [0.15, 0.2) is 18.2 Å². The minimum absolute atomic E-state index is 0.0473. The zero-order valence-corrected chi connectivity index (χ0v) is 13.7. The van der Waals surface area contributed by atoms with Crippen LogP contribution in [0.25, 0.3) is 0 Å². The molecule has 0 saturated carbocycles. The van der Waals surface area contributed by atoms with Crippen LogP contribution >= 0.6 is 0 Å². The summed E-state index contributed by atoms with van der Waals surface area (Å²) in [4.78, 5) is 13.7. The number of ether oxygens (including phenoxy) is 1. The Kier molecular flexibility index (Phi) is 5.22. The summed E-state index contributed by atoms with van der Waals surface area (Å²) in [6.45, 7) is 7.30. The van der Waals surface area contributed by atoms with Gasteiger partial charge in [-0.3, -0.25) is 0 Å². The second kappa shape index (κ2) is 6.97. The van der Waals surface area contributed by atoms with Crippen LogP contribution in [-0.2, 0) is 11.3 Å². The molecule has 1 aromatic carbocycles. The number of hydrogen-bond acceptors (Lipinski definition) is 4. The molecular formula is C17H22FN3O2. The molecule has 0 bridgehead atoms. The highest BCUT2D eigenvalue weighted by Gasteiger charge is 2.29. The third-order valence-corrected chi connectivity index (χ3v) is 3.59. The molecule has 1 fully saturated rings. The summed E-state index contributed by atoms with van der Waals surface area (Å²) in [6.07, 6.45) is 0.543. The Morgan fingerprint density at radius 2 is 2.26 bits per heavy atom. The molecular weight excluding hydrogens is 297 g/mol. The molecule has 1 unspecified atom stereocenters. The van der Waals surface area contributed by atoms with E-state index in [1.165, 1.54) is 6.07 Å². The third-order valence-electron chi connectivity index (χ3n) is 3.59. The van der Waals surface area contributed by atoms with Gasteiger partial charge in [-0.25, -0.2) is 9.18 Å². The molecule has 1 saturated heterocycles. The van der Waals surface area contributed by atoms with Crippen molar-refractivity contribution in [3.63, 3.8) is 0 Å². The van der Waals surface area contributed by atoms with Gasteiger partial charge in [-0.1, -0.05) is 6.07 Å². The summed E-state index contributed by atoms with van der Waals surface area (Å²) in [7, 11) is 0. The van der Waals surface area contributed by atoms with Crippen LogP contribution in [0.3, 0.4) is 0 Å². The normalized spacial score (nSPS) is 17.9. The van der Waals surface area contributed by atoms with Gasteiger partial charge in [-0.05, 0) is 44.9 Å². The molecule has 0 aromatic heterocycles. The predicted octanol–water partition coefficient (Wildman–Crippen LogP) is 2.80. The van der Waals surface area contributed by atoms with Gasteiger partial charge in [-0.15, -0.1) is 0 Å². The quantitative estimate of drug-likeness (QED) is 0.930. The largest absolute Gasteiger partial charge is 0.444 e. The maximum atomic E-state index is 13.3. The first-order valence-electron chi connectivity index (χ1n) is 7.68. The third kappa shape index (κ3) is 4.93. The average molecular weight is 319 g/mol. The van der Waals surface area contributed by atoms with Crippen molar-refractivity contribution in [2.24, 2.45) is 0 Å². The van der Waals surface area contributed by atoms with Crippen molar-refractivity contribution in [3.05, 3.63) is 35.1 Å². The fourth-order valence-corrected chi connectivity index (χ4v) is 2.45. The Bertz CT molecular complexity index is 619. The Balaban J connectivity index is 1.84. The Morgan fingerprint density at radius 3 is 2.91 bits per heavy atom. The summed E-state index contributed by atoms with van der Waals surface area (Å²) in [5.41, 5.74) is 0.398. The van der Waals surface area contributed by atoms with Crippen LogP contribution in [0.4, 0.5) is 9.18 Å². The van der Waals surface area contributed by atoms with Crippen molar-refractivity contribution >= 4 is 6.09 Å². The second-order valence-corrected chi connectivity index (χ2v) is 6.72. The van der Waals surface area contributed by atoms with Crippen molar-refractivity contribution in [1.29, 1.82) is 5.26 Å². The van der Waals surface area contributed by atoms with Crippen molar-refractivity contribution in [2.75, 3.05) is 13.1 Å². The maximum Gasteiger partial charge on any atom is 0.410 e. The van der Waals surface area contributed by atoms with Gasteiger partial charge in [0.2, 0.25) is 0 Å². The van der Waals surface area contributed by atoms with Crippen LogP contribution in [0, 0.1) is 17.1 Å². The number of halogens is 1. The SMILES string of the molecule is CC(C)(C)OC(=O)N1CCC(NCc2ccc(F)c(C#N)c2)C1. The molecule has 1 aliphatic rings. The van der Waals surface area contributed by atoms with Gasteiger partial charge in [0.15, 0.2) is 0 Å². The Hall–Kier alpha value is -2.13. The molecule has 1 amide bonds. The monoisotopic (exact) mass is 319 g/mol. The van der Waals surface area contributed by atoms with Gasteiger partial charge in [0, 0.05) is 25.7 Å². The van der Waals surface area contributed by atoms with Gasteiger partial charge in [0.1, 0.15) is 17.5 Å². The van der Waals surface area contributed by atoms with Crippen LogP contribution in [-0.4, -0.2) is 35.7 Å². The van der Waals surface area contributed by atoms with Gasteiger partial charge in [-0.2, -0.15) is 5.26 Å².